The summed E-state index contributed by atoms with van der Waals surface area (Å²) in [6, 6.07) is 6.64. The molecule has 1 heterocycles. The Bertz CT molecular complexity index is 1020. The van der Waals surface area contributed by atoms with Gasteiger partial charge in [-0.3, -0.25) is 4.79 Å². The second-order valence-electron chi connectivity index (χ2n) is 7.52. The van der Waals surface area contributed by atoms with Crippen LogP contribution in [0.2, 0.25) is 0 Å². The van der Waals surface area contributed by atoms with Gasteiger partial charge in [0.2, 0.25) is 15.9 Å². The van der Waals surface area contributed by atoms with E-state index in [-0.39, 0.29) is 18.8 Å². The number of hydrogen-bond acceptors (Lipinski definition) is 3. The first kappa shape index (κ1) is 21.4. The number of carbonyl (C=O) groups excluding carboxylic acids is 1. The third kappa shape index (κ3) is 4.48. The van der Waals surface area contributed by atoms with E-state index in [1.165, 1.54) is 10.4 Å². The summed E-state index contributed by atoms with van der Waals surface area (Å²) in [5.74, 6) is -2.40. The SMILES string of the molecule is Cc1cc(C)c(S(=O)(=O)N2CCC(C(=O)Nc3ccc(F)cc3F)CC2)c(C)c1. The van der Waals surface area contributed by atoms with Crippen LogP contribution < -0.4 is 5.32 Å². The van der Waals surface area contributed by atoms with Crippen LogP contribution in [0.3, 0.4) is 0 Å². The van der Waals surface area contributed by atoms with Gasteiger partial charge in [-0.25, -0.2) is 17.2 Å². The highest BCUT2D eigenvalue weighted by molar-refractivity contribution is 7.89. The van der Waals surface area contributed by atoms with E-state index in [1.807, 2.05) is 19.1 Å². The van der Waals surface area contributed by atoms with Crippen molar-refractivity contribution in [1.29, 1.82) is 0 Å². The van der Waals surface area contributed by atoms with Gasteiger partial charge in [0.25, 0.3) is 0 Å². The molecule has 8 heteroatoms. The summed E-state index contributed by atoms with van der Waals surface area (Å²) < 4.78 is 54.4. The van der Waals surface area contributed by atoms with Crippen LogP contribution >= 0.6 is 0 Å². The number of sulfonamides is 1. The van der Waals surface area contributed by atoms with Crippen molar-refractivity contribution < 1.29 is 22.0 Å². The van der Waals surface area contributed by atoms with E-state index in [4.69, 9.17) is 0 Å². The Kier molecular flexibility index (Phi) is 6.05. The number of piperidine rings is 1. The standard InChI is InChI=1S/C21H24F2N2O3S/c1-13-10-14(2)20(15(3)11-13)29(27,28)25-8-6-16(7-9-25)21(26)24-19-5-4-17(22)12-18(19)23/h4-5,10-12,16H,6-9H2,1-3H3,(H,24,26). The number of carbonyl (C=O) groups is 1. The van der Waals surface area contributed by atoms with Gasteiger partial charge < -0.3 is 5.32 Å². The first-order valence-corrected chi connectivity index (χ1v) is 10.9. The number of halogens is 2. The number of nitrogens with one attached hydrogen (secondary N) is 1. The topological polar surface area (TPSA) is 66.5 Å². The quantitative estimate of drug-likeness (QED) is 0.812. The molecule has 5 nitrogen and oxygen atoms in total. The largest absolute Gasteiger partial charge is 0.323 e. The molecule has 1 amide bonds. The number of nitrogens with zero attached hydrogens (tertiary/aromatic N) is 1. The predicted octanol–water partition coefficient (Wildman–Crippen LogP) is 3.93. The monoisotopic (exact) mass is 422 g/mol. The fraction of sp³-hybridized carbons (Fsp3) is 0.381. The van der Waals surface area contributed by atoms with E-state index in [9.17, 15) is 22.0 Å². The van der Waals surface area contributed by atoms with E-state index < -0.39 is 33.5 Å². The zero-order valence-corrected chi connectivity index (χ0v) is 17.4. The molecule has 0 spiro atoms. The second-order valence-corrected chi connectivity index (χ2v) is 9.39. The predicted molar refractivity (Wildman–Crippen MR) is 107 cm³/mol. The molecule has 0 aromatic heterocycles. The molecule has 0 aliphatic carbocycles. The van der Waals surface area contributed by atoms with Crippen molar-refractivity contribution in [3.05, 3.63) is 58.7 Å². The highest BCUT2D eigenvalue weighted by Gasteiger charge is 2.33. The van der Waals surface area contributed by atoms with Gasteiger partial charge in [0.15, 0.2) is 0 Å². The van der Waals surface area contributed by atoms with Crippen LogP contribution in [-0.2, 0) is 14.8 Å². The molecule has 1 aliphatic heterocycles. The maximum atomic E-state index is 13.7. The van der Waals surface area contributed by atoms with Crippen molar-refractivity contribution in [2.45, 2.75) is 38.5 Å². The molecule has 1 aliphatic rings. The molecule has 3 rings (SSSR count). The molecule has 2 aromatic carbocycles. The normalized spacial score (nSPS) is 16.0. The number of anilines is 1. The van der Waals surface area contributed by atoms with Crippen molar-refractivity contribution in [3.63, 3.8) is 0 Å². The third-order valence-corrected chi connectivity index (χ3v) is 7.42. The Hall–Kier alpha value is -2.32. The lowest BCUT2D eigenvalue weighted by Crippen LogP contribution is -2.41. The summed E-state index contributed by atoms with van der Waals surface area (Å²) in [7, 11) is -3.66. The lowest BCUT2D eigenvalue weighted by atomic mass is 9.97. The molecule has 0 unspecified atom stereocenters. The fourth-order valence-corrected chi connectivity index (χ4v) is 5.77. The van der Waals surface area contributed by atoms with Gasteiger partial charge in [-0.05, 0) is 56.9 Å². The fourth-order valence-electron chi connectivity index (χ4n) is 3.89. The Morgan fingerprint density at radius 3 is 2.17 bits per heavy atom. The number of benzene rings is 2. The average molecular weight is 422 g/mol. The van der Waals surface area contributed by atoms with Crippen molar-refractivity contribution >= 4 is 21.6 Å². The molecule has 0 radical (unpaired) electrons. The van der Waals surface area contributed by atoms with Gasteiger partial charge in [0, 0.05) is 25.1 Å². The Morgan fingerprint density at radius 1 is 1.03 bits per heavy atom. The van der Waals surface area contributed by atoms with E-state index in [2.05, 4.69) is 5.32 Å². The van der Waals surface area contributed by atoms with E-state index in [0.717, 1.165) is 11.6 Å². The van der Waals surface area contributed by atoms with E-state index in [0.29, 0.717) is 34.9 Å². The van der Waals surface area contributed by atoms with Crippen LogP contribution in [0.15, 0.2) is 35.2 Å². The van der Waals surface area contributed by atoms with Crippen LogP contribution in [0.4, 0.5) is 14.5 Å². The Labute approximate surface area is 169 Å². The number of aryl methyl sites for hydroxylation is 3. The lowest BCUT2D eigenvalue weighted by Gasteiger charge is -2.31. The average Bonchev–Trinajstić information content (AvgIpc) is 2.63. The molecule has 156 valence electrons. The maximum Gasteiger partial charge on any atom is 0.243 e. The molecular weight excluding hydrogens is 398 g/mol. The summed E-state index contributed by atoms with van der Waals surface area (Å²) in [5.41, 5.74) is 2.32. The van der Waals surface area contributed by atoms with Crippen LogP contribution in [0.25, 0.3) is 0 Å². The summed E-state index contributed by atoms with van der Waals surface area (Å²) in [5, 5.41) is 2.47. The Morgan fingerprint density at radius 2 is 1.62 bits per heavy atom. The third-order valence-electron chi connectivity index (χ3n) is 5.22. The highest BCUT2D eigenvalue weighted by Crippen LogP contribution is 2.29. The van der Waals surface area contributed by atoms with Gasteiger partial charge in [0.1, 0.15) is 11.6 Å². The zero-order valence-electron chi connectivity index (χ0n) is 16.6. The number of hydrogen-bond donors (Lipinski definition) is 1. The van der Waals surface area contributed by atoms with Gasteiger partial charge in [-0.15, -0.1) is 0 Å². The summed E-state index contributed by atoms with van der Waals surface area (Å²) in [6.45, 7) is 5.90. The van der Waals surface area contributed by atoms with Crippen LogP contribution in [0, 0.1) is 38.3 Å². The Balaban J connectivity index is 1.69. The minimum Gasteiger partial charge on any atom is -0.323 e. The van der Waals surface area contributed by atoms with E-state index in [1.54, 1.807) is 13.8 Å². The molecule has 0 bridgehead atoms. The number of amides is 1. The summed E-state index contributed by atoms with van der Waals surface area (Å²) in [6.07, 6.45) is 0.662. The first-order chi connectivity index (χ1) is 13.6. The van der Waals surface area contributed by atoms with Gasteiger partial charge in [-0.1, -0.05) is 17.7 Å². The zero-order chi connectivity index (χ0) is 21.3. The minimum absolute atomic E-state index is 0.0858. The molecule has 2 aromatic rings. The molecule has 0 atom stereocenters. The smallest absolute Gasteiger partial charge is 0.243 e. The van der Waals surface area contributed by atoms with Crippen molar-refractivity contribution in [3.8, 4) is 0 Å². The minimum atomic E-state index is -3.66. The van der Waals surface area contributed by atoms with Crippen LogP contribution in [0.1, 0.15) is 29.5 Å². The van der Waals surface area contributed by atoms with Gasteiger partial charge >= 0.3 is 0 Å². The van der Waals surface area contributed by atoms with Crippen molar-refractivity contribution in [1.82, 2.24) is 4.31 Å². The maximum absolute atomic E-state index is 13.7. The highest BCUT2D eigenvalue weighted by atomic mass is 32.2. The van der Waals surface area contributed by atoms with Gasteiger partial charge in [-0.2, -0.15) is 4.31 Å². The molecular formula is C21H24F2N2O3S. The molecule has 1 fully saturated rings. The van der Waals surface area contributed by atoms with Crippen molar-refractivity contribution in [2.24, 2.45) is 5.92 Å². The van der Waals surface area contributed by atoms with Gasteiger partial charge in [0.05, 0.1) is 10.6 Å². The summed E-state index contributed by atoms with van der Waals surface area (Å²) >= 11 is 0. The van der Waals surface area contributed by atoms with Crippen molar-refractivity contribution in [2.75, 3.05) is 18.4 Å². The number of rotatable bonds is 4. The molecule has 0 saturated carbocycles. The molecule has 1 saturated heterocycles. The lowest BCUT2D eigenvalue weighted by molar-refractivity contribution is -0.120. The molecule has 1 N–H and O–H groups in total. The summed E-state index contributed by atoms with van der Waals surface area (Å²) in [4.78, 5) is 12.8. The molecule has 29 heavy (non-hydrogen) atoms. The van der Waals surface area contributed by atoms with E-state index >= 15 is 0 Å². The second kappa shape index (κ2) is 8.20. The van der Waals surface area contributed by atoms with Crippen LogP contribution in [-0.4, -0.2) is 31.7 Å². The van der Waals surface area contributed by atoms with Crippen LogP contribution in [0.5, 0.6) is 0 Å². The first-order valence-electron chi connectivity index (χ1n) is 9.43.